The number of piperidine rings is 1. The summed E-state index contributed by atoms with van der Waals surface area (Å²) in [7, 11) is 0. The number of ether oxygens (including phenoxy) is 2. The van der Waals surface area contributed by atoms with E-state index in [2.05, 4.69) is 29.2 Å². The number of hydrogen-bond donors (Lipinski definition) is 1. The summed E-state index contributed by atoms with van der Waals surface area (Å²) >= 11 is 0. The molecule has 2 aromatic carbocycles. The molecule has 0 spiro atoms. The minimum atomic E-state index is -0.743. The van der Waals surface area contributed by atoms with Crippen molar-refractivity contribution < 1.29 is 14.6 Å². The van der Waals surface area contributed by atoms with Gasteiger partial charge < -0.3 is 14.6 Å². The summed E-state index contributed by atoms with van der Waals surface area (Å²) in [6.07, 6.45) is 4.60. The third kappa shape index (κ3) is 4.70. The van der Waals surface area contributed by atoms with Crippen LogP contribution in [0.25, 0.3) is 0 Å². The fraction of sp³-hybridized carbons (Fsp3) is 0.478. The molecule has 0 aliphatic carbocycles. The Balaban J connectivity index is 1.33. The second kappa shape index (κ2) is 8.42. The maximum Gasteiger partial charge on any atom is 0.199 e. The molecule has 2 fully saturated rings. The molecule has 0 saturated carbocycles. The highest BCUT2D eigenvalue weighted by Crippen LogP contribution is 2.34. The lowest BCUT2D eigenvalue weighted by Crippen LogP contribution is -2.42. The van der Waals surface area contributed by atoms with Crippen LogP contribution in [-0.4, -0.2) is 36.0 Å². The second-order valence-corrected chi connectivity index (χ2v) is 7.73. The van der Waals surface area contributed by atoms with Crippen LogP contribution in [0.1, 0.15) is 43.2 Å². The van der Waals surface area contributed by atoms with E-state index in [1.54, 1.807) is 0 Å². The third-order valence-corrected chi connectivity index (χ3v) is 5.73. The Bertz CT molecular complexity index is 702. The normalized spacial score (nSPS) is 23.1. The topological polar surface area (TPSA) is 41.9 Å². The van der Waals surface area contributed by atoms with Gasteiger partial charge in [-0.25, -0.2) is 0 Å². The fourth-order valence-corrected chi connectivity index (χ4v) is 4.01. The van der Waals surface area contributed by atoms with E-state index in [1.807, 2.05) is 30.3 Å². The molecule has 4 rings (SSSR count). The minimum absolute atomic E-state index is 0.131. The molecule has 0 aromatic heterocycles. The monoisotopic (exact) mass is 367 g/mol. The summed E-state index contributed by atoms with van der Waals surface area (Å²) < 4.78 is 11.5. The van der Waals surface area contributed by atoms with Crippen molar-refractivity contribution in [2.75, 3.05) is 19.7 Å². The van der Waals surface area contributed by atoms with Crippen molar-refractivity contribution in [2.24, 2.45) is 0 Å². The van der Waals surface area contributed by atoms with Crippen LogP contribution in [0.5, 0.6) is 5.75 Å². The Labute approximate surface area is 161 Å². The van der Waals surface area contributed by atoms with Crippen LogP contribution < -0.4 is 4.74 Å². The summed E-state index contributed by atoms with van der Waals surface area (Å²) in [5, 5.41) is 11.1. The van der Waals surface area contributed by atoms with E-state index in [4.69, 9.17) is 9.47 Å². The predicted octanol–water partition coefficient (Wildman–Crippen LogP) is 4.08. The lowest BCUT2D eigenvalue weighted by Gasteiger charge is -2.38. The molecule has 2 aromatic rings. The van der Waals surface area contributed by atoms with Gasteiger partial charge in [0.05, 0.1) is 12.2 Å². The van der Waals surface area contributed by atoms with Crippen molar-refractivity contribution in [1.82, 2.24) is 4.90 Å². The van der Waals surface area contributed by atoms with Gasteiger partial charge in [-0.1, -0.05) is 42.5 Å². The SMILES string of the molecule is OC1(c2ccc(OC3CCCCO3)cc2)CCN(Cc2ccccc2)CC1. The number of hydrogen-bond acceptors (Lipinski definition) is 4. The van der Waals surface area contributed by atoms with Gasteiger partial charge in [0.1, 0.15) is 5.75 Å². The van der Waals surface area contributed by atoms with Gasteiger partial charge in [-0.2, -0.15) is 0 Å². The highest BCUT2D eigenvalue weighted by atomic mass is 16.7. The number of benzene rings is 2. The van der Waals surface area contributed by atoms with Crippen molar-refractivity contribution in [1.29, 1.82) is 0 Å². The molecule has 2 aliphatic rings. The van der Waals surface area contributed by atoms with Gasteiger partial charge in [-0.05, 0) is 48.9 Å². The molecule has 1 N–H and O–H groups in total. The molecule has 2 aliphatic heterocycles. The zero-order valence-electron chi connectivity index (χ0n) is 15.8. The standard InChI is InChI=1S/C23H29NO3/c25-23(13-15-24(16-14-23)18-19-6-2-1-3-7-19)20-9-11-21(12-10-20)27-22-8-4-5-17-26-22/h1-3,6-7,9-12,22,25H,4-5,8,13-18H2. The van der Waals surface area contributed by atoms with Gasteiger partial charge in [-0.3, -0.25) is 4.90 Å². The van der Waals surface area contributed by atoms with Crippen molar-refractivity contribution in [3.63, 3.8) is 0 Å². The van der Waals surface area contributed by atoms with Crippen molar-refractivity contribution in [2.45, 2.75) is 50.5 Å². The van der Waals surface area contributed by atoms with Gasteiger partial charge in [0.2, 0.25) is 0 Å². The molecule has 4 nitrogen and oxygen atoms in total. The van der Waals surface area contributed by atoms with E-state index < -0.39 is 5.60 Å². The van der Waals surface area contributed by atoms with Crippen molar-refractivity contribution in [3.05, 3.63) is 65.7 Å². The molecule has 2 heterocycles. The zero-order valence-corrected chi connectivity index (χ0v) is 15.8. The predicted molar refractivity (Wildman–Crippen MR) is 106 cm³/mol. The Morgan fingerprint density at radius 3 is 2.41 bits per heavy atom. The quantitative estimate of drug-likeness (QED) is 0.865. The Morgan fingerprint density at radius 1 is 1.00 bits per heavy atom. The van der Waals surface area contributed by atoms with E-state index in [1.165, 1.54) is 5.56 Å². The molecule has 0 bridgehead atoms. The number of likely N-dealkylation sites (tertiary alicyclic amines) is 1. The van der Waals surface area contributed by atoms with Crippen molar-refractivity contribution in [3.8, 4) is 5.75 Å². The molecule has 4 heteroatoms. The van der Waals surface area contributed by atoms with Gasteiger partial charge in [0, 0.05) is 26.1 Å². The maximum atomic E-state index is 11.1. The highest BCUT2D eigenvalue weighted by molar-refractivity contribution is 5.31. The third-order valence-electron chi connectivity index (χ3n) is 5.73. The lowest BCUT2D eigenvalue weighted by molar-refractivity contribution is -0.105. The number of nitrogens with zero attached hydrogens (tertiary/aromatic N) is 1. The second-order valence-electron chi connectivity index (χ2n) is 7.73. The van der Waals surface area contributed by atoms with E-state index in [-0.39, 0.29) is 6.29 Å². The summed E-state index contributed by atoms with van der Waals surface area (Å²) in [4.78, 5) is 2.42. The van der Waals surface area contributed by atoms with Gasteiger partial charge in [0.25, 0.3) is 0 Å². The molecular formula is C23H29NO3. The maximum absolute atomic E-state index is 11.1. The Hall–Kier alpha value is -1.88. The van der Waals surface area contributed by atoms with Crippen LogP contribution >= 0.6 is 0 Å². The first-order valence-electron chi connectivity index (χ1n) is 10.1. The Morgan fingerprint density at radius 2 is 1.74 bits per heavy atom. The van der Waals surface area contributed by atoms with Gasteiger partial charge in [-0.15, -0.1) is 0 Å². The molecule has 27 heavy (non-hydrogen) atoms. The first kappa shape index (κ1) is 18.5. The largest absolute Gasteiger partial charge is 0.465 e. The Kier molecular flexibility index (Phi) is 5.77. The number of aliphatic hydroxyl groups is 1. The number of rotatable bonds is 5. The van der Waals surface area contributed by atoms with Gasteiger partial charge >= 0.3 is 0 Å². The molecule has 1 unspecified atom stereocenters. The molecular weight excluding hydrogens is 338 g/mol. The molecule has 1 atom stereocenters. The average Bonchev–Trinajstić information content (AvgIpc) is 2.72. The minimum Gasteiger partial charge on any atom is -0.465 e. The van der Waals surface area contributed by atoms with Crippen LogP contribution in [0, 0.1) is 0 Å². The van der Waals surface area contributed by atoms with E-state index in [9.17, 15) is 5.11 Å². The first-order chi connectivity index (χ1) is 13.2. The zero-order chi connectivity index (χ0) is 18.5. The average molecular weight is 367 g/mol. The van der Waals surface area contributed by atoms with Crippen LogP contribution in [0.15, 0.2) is 54.6 Å². The first-order valence-corrected chi connectivity index (χ1v) is 10.1. The van der Waals surface area contributed by atoms with Gasteiger partial charge in [0.15, 0.2) is 6.29 Å². The molecule has 0 amide bonds. The van der Waals surface area contributed by atoms with Crippen LogP contribution in [0.4, 0.5) is 0 Å². The van der Waals surface area contributed by atoms with Crippen LogP contribution in [-0.2, 0) is 16.9 Å². The molecule has 144 valence electrons. The highest BCUT2D eigenvalue weighted by Gasteiger charge is 2.34. The van der Waals surface area contributed by atoms with Crippen molar-refractivity contribution >= 4 is 0 Å². The smallest absolute Gasteiger partial charge is 0.199 e. The van der Waals surface area contributed by atoms with E-state index in [0.29, 0.717) is 0 Å². The van der Waals surface area contributed by atoms with E-state index in [0.717, 1.165) is 69.7 Å². The van der Waals surface area contributed by atoms with Crippen LogP contribution in [0.2, 0.25) is 0 Å². The summed E-state index contributed by atoms with van der Waals surface area (Å²) in [5.41, 5.74) is 1.57. The fourth-order valence-electron chi connectivity index (χ4n) is 4.01. The van der Waals surface area contributed by atoms with Crippen LogP contribution in [0.3, 0.4) is 0 Å². The summed E-state index contributed by atoms with van der Waals surface area (Å²) in [6.45, 7) is 3.53. The summed E-state index contributed by atoms with van der Waals surface area (Å²) in [5.74, 6) is 0.816. The van der Waals surface area contributed by atoms with E-state index >= 15 is 0 Å². The molecule has 2 saturated heterocycles. The summed E-state index contributed by atoms with van der Waals surface area (Å²) in [6, 6.07) is 18.5. The molecule has 0 radical (unpaired) electrons. The lowest BCUT2D eigenvalue weighted by atomic mass is 9.84.